The molecule has 0 aromatic heterocycles. The third-order valence-electron chi connectivity index (χ3n) is 4.54. The summed E-state index contributed by atoms with van der Waals surface area (Å²) in [7, 11) is 0. The lowest BCUT2D eigenvalue weighted by atomic mass is 10.1. The van der Waals surface area contributed by atoms with Gasteiger partial charge in [-0.05, 0) is 29.7 Å². The van der Waals surface area contributed by atoms with Gasteiger partial charge in [0.05, 0.1) is 11.4 Å². The topological polar surface area (TPSA) is 76.8 Å². The molecule has 0 aliphatic heterocycles. The fourth-order valence-electron chi connectivity index (χ4n) is 3.05. The van der Waals surface area contributed by atoms with Gasteiger partial charge in [0.2, 0.25) is 0 Å². The molecule has 4 aromatic carbocycles. The van der Waals surface area contributed by atoms with Crippen molar-refractivity contribution in [3.05, 3.63) is 96.1 Å². The summed E-state index contributed by atoms with van der Waals surface area (Å²) in [5.74, 6) is 0. The molecule has 0 saturated heterocycles. The summed E-state index contributed by atoms with van der Waals surface area (Å²) in [4.78, 5) is 9.39. The summed E-state index contributed by atoms with van der Waals surface area (Å²) in [5, 5.41) is 2.06. The van der Waals surface area contributed by atoms with Crippen LogP contribution in [0.4, 0.5) is 22.7 Å². The van der Waals surface area contributed by atoms with Gasteiger partial charge in [-0.15, -0.1) is 0 Å². The van der Waals surface area contributed by atoms with E-state index in [1.165, 1.54) is 0 Å². The number of aliphatic imine (C=N–C) groups is 2. The largest absolute Gasteiger partial charge is 0.398 e. The van der Waals surface area contributed by atoms with Crippen molar-refractivity contribution in [1.29, 1.82) is 0 Å². The number of hydrogen-bond donors (Lipinski definition) is 2. The van der Waals surface area contributed by atoms with Crippen LogP contribution in [0.25, 0.3) is 10.8 Å². The van der Waals surface area contributed by atoms with Crippen LogP contribution in [0.1, 0.15) is 11.1 Å². The first-order chi connectivity index (χ1) is 13.7. The Morgan fingerprint density at radius 1 is 0.536 bits per heavy atom. The van der Waals surface area contributed by atoms with Crippen molar-refractivity contribution in [3.8, 4) is 0 Å². The van der Waals surface area contributed by atoms with Crippen molar-refractivity contribution < 1.29 is 0 Å². The maximum atomic E-state index is 6.03. The molecule has 4 aromatic rings. The molecule has 4 nitrogen and oxygen atoms in total. The summed E-state index contributed by atoms with van der Waals surface area (Å²) in [5.41, 5.74) is 16.9. The molecule has 136 valence electrons. The van der Waals surface area contributed by atoms with E-state index in [4.69, 9.17) is 21.5 Å². The second-order valence-corrected chi connectivity index (χ2v) is 6.43. The maximum absolute atomic E-state index is 6.03. The smallest absolute Gasteiger partial charge is 0.0729 e. The molecule has 0 unspecified atom stereocenters. The van der Waals surface area contributed by atoms with Crippen LogP contribution in [0.2, 0.25) is 0 Å². The van der Waals surface area contributed by atoms with E-state index in [0.29, 0.717) is 11.4 Å². The van der Waals surface area contributed by atoms with E-state index in [-0.39, 0.29) is 0 Å². The molecule has 28 heavy (non-hydrogen) atoms. The van der Waals surface area contributed by atoms with Crippen LogP contribution in [0.15, 0.2) is 94.9 Å². The van der Waals surface area contributed by atoms with Crippen LogP contribution in [0.3, 0.4) is 0 Å². The molecule has 0 saturated carbocycles. The second kappa shape index (κ2) is 7.76. The van der Waals surface area contributed by atoms with Crippen molar-refractivity contribution in [1.82, 2.24) is 0 Å². The molecular formula is C24H20N4. The lowest BCUT2D eigenvalue weighted by Crippen LogP contribution is -1.92. The average molecular weight is 364 g/mol. The Hall–Kier alpha value is -3.92. The summed E-state index contributed by atoms with van der Waals surface area (Å²) in [6.45, 7) is 0. The SMILES string of the molecule is Nc1ccccc1C=Nc1cccc2cccc(N=Cc3ccccc3N)c12. The number of fused-ring (bicyclic) bond motifs is 1. The van der Waals surface area contributed by atoms with E-state index in [0.717, 1.165) is 33.3 Å². The molecule has 0 heterocycles. The Morgan fingerprint density at radius 2 is 1.00 bits per heavy atom. The second-order valence-electron chi connectivity index (χ2n) is 6.43. The Morgan fingerprint density at radius 3 is 1.46 bits per heavy atom. The highest BCUT2D eigenvalue weighted by Crippen LogP contribution is 2.34. The van der Waals surface area contributed by atoms with Gasteiger partial charge in [0, 0.05) is 40.3 Å². The highest BCUT2D eigenvalue weighted by Gasteiger charge is 2.05. The molecule has 4 heteroatoms. The number of hydrogen-bond acceptors (Lipinski definition) is 4. The van der Waals surface area contributed by atoms with Crippen LogP contribution in [-0.4, -0.2) is 12.4 Å². The highest BCUT2D eigenvalue weighted by molar-refractivity contribution is 6.04. The Balaban J connectivity index is 1.78. The minimum Gasteiger partial charge on any atom is -0.398 e. The zero-order valence-corrected chi connectivity index (χ0v) is 15.3. The molecular weight excluding hydrogens is 344 g/mol. The molecule has 0 bridgehead atoms. The molecule has 4 rings (SSSR count). The summed E-state index contributed by atoms with van der Waals surface area (Å²) in [6.07, 6.45) is 3.58. The van der Waals surface area contributed by atoms with Gasteiger partial charge in [-0.2, -0.15) is 0 Å². The van der Waals surface area contributed by atoms with Crippen molar-refractivity contribution >= 4 is 46.0 Å². The average Bonchev–Trinajstić information content (AvgIpc) is 2.72. The van der Waals surface area contributed by atoms with E-state index in [9.17, 15) is 0 Å². The zero-order valence-electron chi connectivity index (χ0n) is 15.3. The maximum Gasteiger partial charge on any atom is 0.0729 e. The summed E-state index contributed by atoms with van der Waals surface area (Å²) < 4.78 is 0. The number of rotatable bonds is 4. The van der Waals surface area contributed by atoms with E-state index in [1.807, 2.05) is 72.8 Å². The van der Waals surface area contributed by atoms with Crippen molar-refractivity contribution in [3.63, 3.8) is 0 Å². The number of para-hydroxylation sites is 2. The predicted octanol–water partition coefficient (Wildman–Crippen LogP) is 5.51. The Labute approximate surface area is 163 Å². The molecule has 0 fully saturated rings. The van der Waals surface area contributed by atoms with Crippen LogP contribution >= 0.6 is 0 Å². The monoisotopic (exact) mass is 364 g/mol. The van der Waals surface area contributed by atoms with Crippen molar-refractivity contribution in [2.45, 2.75) is 0 Å². The quantitative estimate of drug-likeness (QED) is 0.370. The number of anilines is 2. The van der Waals surface area contributed by atoms with Crippen LogP contribution in [0.5, 0.6) is 0 Å². The normalized spacial score (nSPS) is 11.6. The number of nitrogens with zero attached hydrogens (tertiary/aromatic N) is 2. The number of benzene rings is 4. The predicted molar refractivity (Wildman–Crippen MR) is 120 cm³/mol. The van der Waals surface area contributed by atoms with Gasteiger partial charge in [0.1, 0.15) is 0 Å². The minimum absolute atomic E-state index is 0.698. The number of nitrogen functional groups attached to an aromatic ring is 2. The van der Waals surface area contributed by atoms with Gasteiger partial charge >= 0.3 is 0 Å². The van der Waals surface area contributed by atoms with Gasteiger partial charge in [-0.3, -0.25) is 9.98 Å². The zero-order chi connectivity index (χ0) is 19.3. The van der Waals surface area contributed by atoms with Crippen LogP contribution in [0, 0.1) is 0 Å². The summed E-state index contributed by atoms with van der Waals surface area (Å²) >= 11 is 0. The fourth-order valence-corrected chi connectivity index (χ4v) is 3.05. The third-order valence-corrected chi connectivity index (χ3v) is 4.54. The van der Waals surface area contributed by atoms with E-state index < -0.39 is 0 Å². The summed E-state index contributed by atoms with van der Waals surface area (Å²) in [6, 6.07) is 27.4. The Bertz CT molecular complexity index is 1100. The van der Waals surface area contributed by atoms with Crippen LogP contribution in [-0.2, 0) is 0 Å². The van der Waals surface area contributed by atoms with Gasteiger partial charge in [-0.1, -0.05) is 60.7 Å². The molecule has 4 N–H and O–H groups in total. The van der Waals surface area contributed by atoms with Gasteiger partial charge in [0.15, 0.2) is 0 Å². The van der Waals surface area contributed by atoms with E-state index >= 15 is 0 Å². The van der Waals surface area contributed by atoms with Gasteiger partial charge < -0.3 is 11.5 Å². The molecule has 0 amide bonds. The molecule has 0 aliphatic rings. The highest BCUT2D eigenvalue weighted by atomic mass is 14.8. The van der Waals surface area contributed by atoms with E-state index in [2.05, 4.69) is 12.1 Å². The van der Waals surface area contributed by atoms with Crippen molar-refractivity contribution in [2.24, 2.45) is 9.98 Å². The van der Waals surface area contributed by atoms with Crippen molar-refractivity contribution in [2.75, 3.05) is 11.5 Å². The molecule has 0 aliphatic carbocycles. The standard InChI is InChI=1S/C24H20N4/c25-20-11-3-1-7-18(20)15-27-22-13-5-9-17-10-6-14-23(24(17)22)28-16-19-8-2-4-12-21(19)26/h1-16H,25-26H2. The fraction of sp³-hybridized carbons (Fsp3) is 0. The lowest BCUT2D eigenvalue weighted by Gasteiger charge is -2.06. The molecule has 0 radical (unpaired) electrons. The van der Waals surface area contributed by atoms with Gasteiger partial charge in [-0.25, -0.2) is 0 Å². The molecule has 0 spiro atoms. The third kappa shape index (κ3) is 3.62. The van der Waals surface area contributed by atoms with Gasteiger partial charge in [0.25, 0.3) is 0 Å². The first-order valence-corrected chi connectivity index (χ1v) is 9.01. The van der Waals surface area contributed by atoms with E-state index in [1.54, 1.807) is 12.4 Å². The number of nitrogens with two attached hydrogens (primary N) is 2. The first-order valence-electron chi connectivity index (χ1n) is 9.01. The first kappa shape index (κ1) is 17.5. The van der Waals surface area contributed by atoms with Crippen LogP contribution < -0.4 is 11.5 Å². The minimum atomic E-state index is 0.698. The molecule has 0 atom stereocenters. The lowest BCUT2D eigenvalue weighted by molar-refractivity contribution is 1.52. The Kier molecular flexibility index (Phi) is 4.85.